The number of carboxylic acids is 1. The van der Waals surface area contributed by atoms with Crippen molar-refractivity contribution >= 4 is 17.0 Å². The third kappa shape index (κ3) is 1.96. The molecular formula is C16H12N2O4. The van der Waals surface area contributed by atoms with Gasteiger partial charge in [0.15, 0.2) is 11.5 Å². The highest BCUT2D eigenvalue weighted by Gasteiger charge is 2.20. The standard InChI is InChI=1S/C16H12N2O4/c19-15(20)8-18-12-7-14-13(21-9-22-14)6-11(12)17-16(18)10-4-2-1-3-5-10/h1-7H,8-9H2,(H,19,20). The molecule has 110 valence electrons. The van der Waals surface area contributed by atoms with Crippen molar-refractivity contribution in [3.05, 3.63) is 42.5 Å². The van der Waals surface area contributed by atoms with Crippen LogP contribution in [0.15, 0.2) is 42.5 Å². The van der Waals surface area contributed by atoms with E-state index in [-0.39, 0.29) is 13.3 Å². The summed E-state index contributed by atoms with van der Waals surface area (Å²) in [6.07, 6.45) is 0. The number of imidazole rings is 1. The van der Waals surface area contributed by atoms with Gasteiger partial charge < -0.3 is 19.1 Å². The van der Waals surface area contributed by atoms with E-state index in [0.29, 0.717) is 28.4 Å². The number of aromatic nitrogens is 2. The fraction of sp³-hybridized carbons (Fsp3) is 0.125. The molecule has 2 heterocycles. The molecule has 6 nitrogen and oxygen atoms in total. The molecule has 0 bridgehead atoms. The second-order valence-corrected chi connectivity index (χ2v) is 4.98. The van der Waals surface area contributed by atoms with Gasteiger partial charge in [0.1, 0.15) is 12.4 Å². The normalized spacial score (nSPS) is 12.7. The van der Waals surface area contributed by atoms with Gasteiger partial charge in [-0.2, -0.15) is 0 Å². The Morgan fingerprint density at radius 1 is 1.18 bits per heavy atom. The number of ether oxygens (including phenoxy) is 2. The summed E-state index contributed by atoms with van der Waals surface area (Å²) in [6, 6.07) is 13.1. The highest BCUT2D eigenvalue weighted by Crippen LogP contribution is 2.37. The van der Waals surface area contributed by atoms with Crippen LogP contribution in [0.25, 0.3) is 22.4 Å². The van der Waals surface area contributed by atoms with Gasteiger partial charge in [-0.3, -0.25) is 4.79 Å². The Bertz CT molecular complexity index is 871. The van der Waals surface area contributed by atoms with Crippen LogP contribution in [-0.2, 0) is 11.3 Å². The van der Waals surface area contributed by atoms with Crippen LogP contribution in [0.3, 0.4) is 0 Å². The van der Waals surface area contributed by atoms with E-state index in [1.165, 1.54) is 0 Å². The Morgan fingerprint density at radius 3 is 2.64 bits per heavy atom. The zero-order valence-corrected chi connectivity index (χ0v) is 11.5. The van der Waals surface area contributed by atoms with Gasteiger partial charge in [-0.25, -0.2) is 4.98 Å². The molecule has 0 spiro atoms. The van der Waals surface area contributed by atoms with Crippen LogP contribution in [-0.4, -0.2) is 27.4 Å². The minimum absolute atomic E-state index is 0.166. The Balaban J connectivity index is 1.97. The van der Waals surface area contributed by atoms with Gasteiger partial charge in [0.25, 0.3) is 0 Å². The van der Waals surface area contributed by atoms with Crippen LogP contribution in [0.5, 0.6) is 11.5 Å². The molecule has 0 fully saturated rings. The summed E-state index contributed by atoms with van der Waals surface area (Å²) >= 11 is 0. The summed E-state index contributed by atoms with van der Waals surface area (Å²) in [5.74, 6) is 0.932. The number of carbonyl (C=O) groups is 1. The Kier molecular flexibility index (Phi) is 2.75. The molecule has 22 heavy (non-hydrogen) atoms. The quantitative estimate of drug-likeness (QED) is 0.804. The zero-order valence-electron chi connectivity index (χ0n) is 11.5. The van der Waals surface area contributed by atoms with Crippen molar-refractivity contribution in [2.24, 2.45) is 0 Å². The van der Waals surface area contributed by atoms with E-state index in [4.69, 9.17) is 9.47 Å². The molecule has 1 N–H and O–H groups in total. The van der Waals surface area contributed by atoms with Gasteiger partial charge in [-0.05, 0) is 0 Å². The minimum Gasteiger partial charge on any atom is -0.480 e. The molecular weight excluding hydrogens is 284 g/mol. The number of fused-ring (bicyclic) bond motifs is 2. The van der Waals surface area contributed by atoms with Gasteiger partial charge in [0.2, 0.25) is 6.79 Å². The third-order valence-electron chi connectivity index (χ3n) is 3.57. The highest BCUT2D eigenvalue weighted by atomic mass is 16.7. The lowest BCUT2D eigenvalue weighted by molar-refractivity contribution is -0.137. The predicted molar refractivity (Wildman–Crippen MR) is 78.9 cm³/mol. The van der Waals surface area contributed by atoms with Gasteiger partial charge in [0, 0.05) is 17.7 Å². The maximum atomic E-state index is 11.2. The summed E-state index contributed by atoms with van der Waals surface area (Å²) in [5, 5.41) is 9.20. The van der Waals surface area contributed by atoms with Crippen molar-refractivity contribution < 1.29 is 19.4 Å². The number of nitrogens with zero attached hydrogens (tertiary/aromatic N) is 2. The monoisotopic (exact) mass is 296 g/mol. The second-order valence-electron chi connectivity index (χ2n) is 4.98. The molecule has 0 aliphatic carbocycles. The van der Waals surface area contributed by atoms with Crippen molar-refractivity contribution in [1.82, 2.24) is 9.55 Å². The topological polar surface area (TPSA) is 73.6 Å². The lowest BCUT2D eigenvalue weighted by Crippen LogP contribution is -2.10. The van der Waals surface area contributed by atoms with E-state index in [9.17, 15) is 9.90 Å². The molecule has 0 saturated carbocycles. The third-order valence-corrected chi connectivity index (χ3v) is 3.57. The lowest BCUT2D eigenvalue weighted by Gasteiger charge is -2.06. The van der Waals surface area contributed by atoms with Crippen molar-refractivity contribution in [1.29, 1.82) is 0 Å². The Hall–Kier alpha value is -3.02. The molecule has 0 radical (unpaired) electrons. The average molecular weight is 296 g/mol. The first-order valence-corrected chi connectivity index (χ1v) is 6.79. The van der Waals surface area contributed by atoms with E-state index < -0.39 is 5.97 Å². The fourth-order valence-electron chi connectivity index (χ4n) is 2.62. The lowest BCUT2D eigenvalue weighted by atomic mass is 10.2. The minimum atomic E-state index is -0.922. The SMILES string of the molecule is O=C(O)Cn1c(-c2ccccc2)nc2cc3c(cc21)OCO3. The maximum absolute atomic E-state index is 11.2. The number of hydrogen-bond donors (Lipinski definition) is 1. The molecule has 1 aliphatic heterocycles. The first kappa shape index (κ1) is 12.7. The van der Waals surface area contributed by atoms with Crippen molar-refractivity contribution in [3.63, 3.8) is 0 Å². The molecule has 0 saturated heterocycles. The molecule has 0 unspecified atom stereocenters. The van der Waals surface area contributed by atoms with E-state index in [1.807, 2.05) is 30.3 Å². The molecule has 1 aromatic heterocycles. The molecule has 2 aromatic carbocycles. The summed E-state index contributed by atoms with van der Waals surface area (Å²) in [6.45, 7) is 0.00673. The largest absolute Gasteiger partial charge is 0.480 e. The van der Waals surface area contributed by atoms with Crippen molar-refractivity contribution in [2.45, 2.75) is 6.54 Å². The van der Waals surface area contributed by atoms with Gasteiger partial charge >= 0.3 is 5.97 Å². The molecule has 0 atom stereocenters. The Labute approximate surface area is 125 Å². The molecule has 6 heteroatoms. The molecule has 4 rings (SSSR count). The predicted octanol–water partition coefficient (Wildman–Crippen LogP) is 2.52. The second kappa shape index (κ2) is 4.77. The van der Waals surface area contributed by atoms with Crippen LogP contribution < -0.4 is 9.47 Å². The summed E-state index contributed by atoms with van der Waals surface area (Å²) < 4.78 is 12.4. The number of aliphatic carboxylic acids is 1. The van der Waals surface area contributed by atoms with E-state index in [2.05, 4.69) is 4.98 Å². The summed E-state index contributed by atoms with van der Waals surface area (Å²) in [7, 11) is 0. The molecule has 3 aromatic rings. The molecule has 0 amide bonds. The number of hydrogen-bond acceptors (Lipinski definition) is 4. The number of rotatable bonds is 3. The first-order valence-electron chi connectivity index (χ1n) is 6.79. The average Bonchev–Trinajstić information content (AvgIpc) is 3.10. The smallest absolute Gasteiger partial charge is 0.323 e. The summed E-state index contributed by atoms with van der Waals surface area (Å²) in [5.41, 5.74) is 2.26. The number of benzene rings is 2. The highest BCUT2D eigenvalue weighted by molar-refractivity contribution is 5.86. The zero-order chi connectivity index (χ0) is 15.1. The maximum Gasteiger partial charge on any atom is 0.323 e. The van der Waals surface area contributed by atoms with Gasteiger partial charge in [0.05, 0.1) is 11.0 Å². The van der Waals surface area contributed by atoms with E-state index in [1.54, 1.807) is 16.7 Å². The summed E-state index contributed by atoms with van der Waals surface area (Å²) in [4.78, 5) is 15.8. The van der Waals surface area contributed by atoms with E-state index in [0.717, 1.165) is 5.56 Å². The van der Waals surface area contributed by atoms with Crippen LogP contribution in [0.2, 0.25) is 0 Å². The first-order chi connectivity index (χ1) is 10.7. The Morgan fingerprint density at radius 2 is 1.91 bits per heavy atom. The van der Waals surface area contributed by atoms with Gasteiger partial charge in [-0.15, -0.1) is 0 Å². The van der Waals surface area contributed by atoms with Crippen LogP contribution in [0.4, 0.5) is 0 Å². The number of carboxylic acid groups (broad SMARTS) is 1. The van der Waals surface area contributed by atoms with Crippen LogP contribution in [0, 0.1) is 0 Å². The van der Waals surface area contributed by atoms with Crippen LogP contribution in [0.1, 0.15) is 0 Å². The van der Waals surface area contributed by atoms with Crippen molar-refractivity contribution in [2.75, 3.05) is 6.79 Å². The fourth-order valence-corrected chi connectivity index (χ4v) is 2.62. The van der Waals surface area contributed by atoms with Gasteiger partial charge in [-0.1, -0.05) is 30.3 Å². The van der Waals surface area contributed by atoms with Crippen LogP contribution >= 0.6 is 0 Å². The molecule has 1 aliphatic rings. The van der Waals surface area contributed by atoms with Crippen molar-refractivity contribution in [3.8, 4) is 22.9 Å². The van der Waals surface area contributed by atoms with E-state index >= 15 is 0 Å².